The molecule has 0 saturated heterocycles. The Kier molecular flexibility index (Phi) is 7.07. The molecule has 0 spiro atoms. The number of carbonyl (C=O) groups is 1. The zero-order valence-electron chi connectivity index (χ0n) is 20.2. The van der Waals surface area contributed by atoms with Crippen molar-refractivity contribution in [1.29, 1.82) is 0 Å². The predicted molar refractivity (Wildman–Crippen MR) is 137 cm³/mol. The van der Waals surface area contributed by atoms with Crippen LogP contribution in [0.3, 0.4) is 0 Å². The molecule has 0 fully saturated rings. The second-order valence-electron chi connectivity index (χ2n) is 8.37. The number of benzene rings is 3. The van der Waals surface area contributed by atoms with E-state index in [0.29, 0.717) is 30.0 Å². The lowest BCUT2D eigenvalue weighted by molar-refractivity contribution is -0.117. The van der Waals surface area contributed by atoms with Crippen molar-refractivity contribution in [2.24, 2.45) is 0 Å². The van der Waals surface area contributed by atoms with Gasteiger partial charge in [-0.2, -0.15) is 0 Å². The fourth-order valence-electron chi connectivity index (χ4n) is 4.07. The number of anilines is 2. The van der Waals surface area contributed by atoms with Gasteiger partial charge < -0.3 is 9.64 Å². The molecule has 1 aliphatic rings. The second kappa shape index (κ2) is 9.92. The van der Waals surface area contributed by atoms with E-state index in [0.717, 1.165) is 8.61 Å². The van der Waals surface area contributed by atoms with Gasteiger partial charge in [-0.3, -0.25) is 9.10 Å². The van der Waals surface area contributed by atoms with Gasteiger partial charge >= 0.3 is 0 Å². The molecule has 1 heterocycles. The monoisotopic (exact) mass is 529 g/mol. The number of ether oxygens (including phenoxy) is 1. The molecule has 3 aromatic rings. The first-order valence-electron chi connectivity index (χ1n) is 11.1. The number of carbonyl (C=O) groups excluding carboxylic acids is 1. The van der Waals surface area contributed by atoms with Crippen molar-refractivity contribution in [2.75, 3.05) is 43.5 Å². The molecule has 0 unspecified atom stereocenters. The fraction of sp³-hybridized carbons (Fsp3) is 0.240. The van der Waals surface area contributed by atoms with Crippen molar-refractivity contribution in [2.45, 2.75) is 16.2 Å². The SMILES string of the molecule is COc1ccccc1N(CC(=O)N1CCc2cc(S(=O)(=O)N(C)C)ccc21)S(=O)(=O)c1ccccc1. The summed E-state index contributed by atoms with van der Waals surface area (Å²) in [6, 6.07) is 19.1. The molecule has 1 amide bonds. The number of hydrogen-bond donors (Lipinski definition) is 0. The topological polar surface area (TPSA) is 104 Å². The fourth-order valence-corrected chi connectivity index (χ4v) is 6.47. The zero-order valence-corrected chi connectivity index (χ0v) is 21.8. The molecule has 0 atom stereocenters. The highest BCUT2D eigenvalue weighted by Gasteiger charge is 2.33. The van der Waals surface area contributed by atoms with Crippen molar-refractivity contribution in [1.82, 2.24) is 4.31 Å². The molecule has 0 bridgehead atoms. The predicted octanol–water partition coefficient (Wildman–Crippen LogP) is 2.73. The van der Waals surface area contributed by atoms with Crippen LogP contribution in [-0.4, -0.2) is 61.3 Å². The minimum Gasteiger partial charge on any atom is -0.495 e. The number of nitrogens with zero attached hydrogens (tertiary/aromatic N) is 3. The number of rotatable bonds is 8. The largest absolute Gasteiger partial charge is 0.495 e. The van der Waals surface area contributed by atoms with Gasteiger partial charge in [0.05, 0.1) is 22.6 Å². The summed E-state index contributed by atoms with van der Waals surface area (Å²) < 4.78 is 59.9. The molecule has 0 radical (unpaired) electrons. The molecule has 0 saturated carbocycles. The van der Waals surface area contributed by atoms with Gasteiger partial charge in [0, 0.05) is 26.3 Å². The maximum atomic E-state index is 13.6. The molecule has 9 nitrogen and oxygen atoms in total. The van der Waals surface area contributed by atoms with Gasteiger partial charge in [-0.1, -0.05) is 30.3 Å². The van der Waals surface area contributed by atoms with E-state index in [1.54, 1.807) is 54.6 Å². The van der Waals surface area contributed by atoms with Crippen molar-refractivity contribution in [3.63, 3.8) is 0 Å². The molecule has 0 aliphatic carbocycles. The van der Waals surface area contributed by atoms with Crippen LogP contribution in [0.2, 0.25) is 0 Å². The number of para-hydroxylation sites is 2. The van der Waals surface area contributed by atoms with Crippen LogP contribution in [0.1, 0.15) is 5.56 Å². The van der Waals surface area contributed by atoms with Crippen LogP contribution in [0.25, 0.3) is 0 Å². The van der Waals surface area contributed by atoms with Gasteiger partial charge in [-0.25, -0.2) is 21.1 Å². The van der Waals surface area contributed by atoms with Gasteiger partial charge in [0.15, 0.2) is 0 Å². The van der Waals surface area contributed by atoms with Crippen LogP contribution < -0.4 is 13.9 Å². The first-order valence-corrected chi connectivity index (χ1v) is 14.0. The van der Waals surface area contributed by atoms with Crippen molar-refractivity contribution in [3.8, 4) is 5.75 Å². The highest BCUT2D eigenvalue weighted by Crippen LogP contribution is 2.34. The van der Waals surface area contributed by atoms with Crippen LogP contribution in [0.15, 0.2) is 82.6 Å². The molecule has 3 aromatic carbocycles. The lowest BCUT2D eigenvalue weighted by atomic mass is 10.2. The Balaban J connectivity index is 1.70. The lowest BCUT2D eigenvalue weighted by Gasteiger charge is -2.28. The van der Waals surface area contributed by atoms with Gasteiger partial charge in [-0.05, 0) is 54.4 Å². The maximum Gasteiger partial charge on any atom is 0.264 e. The summed E-state index contributed by atoms with van der Waals surface area (Å²) in [5.41, 5.74) is 1.51. The van der Waals surface area contributed by atoms with E-state index < -0.39 is 32.5 Å². The number of amides is 1. The Bertz CT molecular complexity index is 1490. The van der Waals surface area contributed by atoms with Gasteiger partial charge in [-0.15, -0.1) is 0 Å². The van der Waals surface area contributed by atoms with Gasteiger partial charge in [0.25, 0.3) is 10.0 Å². The molecule has 4 rings (SSSR count). The molecule has 0 N–H and O–H groups in total. The average molecular weight is 530 g/mol. The number of fused-ring (bicyclic) bond motifs is 1. The maximum absolute atomic E-state index is 13.6. The quantitative estimate of drug-likeness (QED) is 0.445. The third-order valence-corrected chi connectivity index (χ3v) is 9.58. The highest BCUT2D eigenvalue weighted by atomic mass is 32.2. The first-order chi connectivity index (χ1) is 17.1. The van der Waals surface area contributed by atoms with E-state index in [1.165, 1.54) is 44.3 Å². The van der Waals surface area contributed by atoms with Crippen molar-refractivity contribution >= 4 is 37.3 Å². The molecule has 11 heteroatoms. The summed E-state index contributed by atoms with van der Waals surface area (Å²) in [6.45, 7) is -0.153. The Morgan fingerprint density at radius 2 is 1.56 bits per heavy atom. The van der Waals surface area contributed by atoms with Crippen LogP contribution in [0.5, 0.6) is 5.75 Å². The smallest absolute Gasteiger partial charge is 0.264 e. The van der Waals surface area contributed by atoms with Gasteiger partial charge in [0.2, 0.25) is 15.9 Å². The minimum absolute atomic E-state index is 0.0454. The summed E-state index contributed by atoms with van der Waals surface area (Å²) in [6.07, 6.45) is 0.456. The highest BCUT2D eigenvalue weighted by molar-refractivity contribution is 7.93. The van der Waals surface area contributed by atoms with Crippen molar-refractivity contribution < 1.29 is 26.4 Å². The van der Waals surface area contributed by atoms with E-state index in [2.05, 4.69) is 0 Å². The Morgan fingerprint density at radius 3 is 2.22 bits per heavy atom. The minimum atomic E-state index is -4.10. The van der Waals surface area contributed by atoms with Gasteiger partial charge in [0.1, 0.15) is 12.3 Å². The summed E-state index contributed by atoms with van der Waals surface area (Å²) in [5, 5.41) is 0. The molecule has 1 aliphatic heterocycles. The summed E-state index contributed by atoms with van der Waals surface area (Å²) in [7, 11) is -3.38. The standard InChI is InChI=1S/C25H27N3O6S2/c1-26(2)35(30,31)21-13-14-22-19(17-21)15-16-27(22)25(29)18-28(23-11-7-8-12-24(23)34-3)36(32,33)20-9-5-4-6-10-20/h4-14,17H,15-16,18H2,1-3H3. The van der Waals surface area contributed by atoms with E-state index >= 15 is 0 Å². The normalized spacial score (nSPS) is 13.5. The van der Waals surface area contributed by atoms with E-state index in [-0.39, 0.29) is 15.5 Å². The molecule has 36 heavy (non-hydrogen) atoms. The van der Waals surface area contributed by atoms with Crippen LogP contribution in [0, 0.1) is 0 Å². The summed E-state index contributed by atoms with van der Waals surface area (Å²) >= 11 is 0. The molecular formula is C25H27N3O6S2. The Hall–Kier alpha value is -3.41. The second-order valence-corrected chi connectivity index (χ2v) is 12.4. The van der Waals surface area contributed by atoms with Crippen LogP contribution in [0.4, 0.5) is 11.4 Å². The summed E-state index contributed by atoms with van der Waals surface area (Å²) in [5.74, 6) is -0.132. The molecule has 190 valence electrons. The number of sulfonamides is 2. The van der Waals surface area contributed by atoms with E-state index in [1.807, 2.05) is 0 Å². The lowest BCUT2D eigenvalue weighted by Crippen LogP contribution is -2.42. The van der Waals surface area contributed by atoms with Crippen LogP contribution >= 0.6 is 0 Å². The third kappa shape index (κ3) is 4.69. The van der Waals surface area contributed by atoms with Crippen LogP contribution in [-0.2, 0) is 31.3 Å². The summed E-state index contributed by atoms with van der Waals surface area (Å²) in [4.78, 5) is 15.2. The Labute approximate surface area is 211 Å². The van der Waals surface area contributed by atoms with E-state index in [4.69, 9.17) is 4.74 Å². The van der Waals surface area contributed by atoms with Crippen molar-refractivity contribution in [3.05, 3.63) is 78.4 Å². The number of hydrogen-bond acceptors (Lipinski definition) is 6. The molecule has 0 aromatic heterocycles. The third-order valence-electron chi connectivity index (χ3n) is 5.99. The Morgan fingerprint density at radius 1 is 0.889 bits per heavy atom. The average Bonchev–Trinajstić information content (AvgIpc) is 3.31. The number of methoxy groups -OCH3 is 1. The first kappa shape index (κ1) is 25.7. The van der Waals surface area contributed by atoms with E-state index in [9.17, 15) is 21.6 Å². The molecular weight excluding hydrogens is 502 g/mol. The zero-order chi connectivity index (χ0) is 26.1.